The van der Waals surface area contributed by atoms with E-state index in [0.717, 1.165) is 10.2 Å². The topological polar surface area (TPSA) is 54.6 Å². The fraction of sp³-hybridized carbons (Fsp3) is 0.0667. The van der Waals surface area contributed by atoms with Crippen molar-refractivity contribution in [3.63, 3.8) is 0 Å². The predicted molar refractivity (Wildman–Crippen MR) is 82.5 cm³/mol. The zero-order chi connectivity index (χ0) is 14.4. The Hall–Kier alpha value is -2.14. The second-order valence-corrected chi connectivity index (χ2v) is 4.97. The third-order valence-electron chi connectivity index (χ3n) is 2.47. The Morgan fingerprint density at radius 1 is 1.30 bits per heavy atom. The van der Waals surface area contributed by atoms with Crippen LogP contribution < -0.4 is 5.43 Å². The standard InChI is InChI=1S/C15H13BrN2O2/c1-11(4-9-14-3-2-10-20-14)17-18-15(19)12-5-7-13(16)8-6-12/h2-10H,1H3,(H,18,19)/b9-4+,17-11+. The molecule has 1 aromatic heterocycles. The van der Waals surface area contributed by atoms with Gasteiger partial charge in [-0.2, -0.15) is 5.10 Å². The first-order valence-electron chi connectivity index (χ1n) is 5.97. The molecule has 2 aromatic rings. The summed E-state index contributed by atoms with van der Waals surface area (Å²) < 4.78 is 6.08. The highest BCUT2D eigenvalue weighted by Crippen LogP contribution is 2.10. The minimum absolute atomic E-state index is 0.247. The minimum atomic E-state index is -0.247. The monoisotopic (exact) mass is 332 g/mol. The summed E-state index contributed by atoms with van der Waals surface area (Å²) in [6.45, 7) is 1.79. The van der Waals surface area contributed by atoms with E-state index in [1.165, 1.54) is 0 Å². The third kappa shape index (κ3) is 4.20. The zero-order valence-corrected chi connectivity index (χ0v) is 12.4. The van der Waals surface area contributed by atoms with Crippen molar-refractivity contribution in [2.75, 3.05) is 0 Å². The number of hydrogen-bond acceptors (Lipinski definition) is 3. The summed E-state index contributed by atoms with van der Waals surface area (Å²) in [6, 6.07) is 10.7. The van der Waals surface area contributed by atoms with Gasteiger partial charge in [-0.3, -0.25) is 4.79 Å². The quantitative estimate of drug-likeness (QED) is 0.682. The van der Waals surface area contributed by atoms with Crippen molar-refractivity contribution in [3.05, 3.63) is 64.5 Å². The van der Waals surface area contributed by atoms with Crippen molar-refractivity contribution in [2.45, 2.75) is 6.92 Å². The Morgan fingerprint density at radius 2 is 2.05 bits per heavy atom. The van der Waals surface area contributed by atoms with Crippen LogP contribution in [-0.2, 0) is 0 Å². The summed E-state index contributed by atoms with van der Waals surface area (Å²) in [7, 11) is 0. The van der Waals surface area contributed by atoms with Crippen LogP contribution in [0.25, 0.3) is 6.08 Å². The number of rotatable bonds is 4. The van der Waals surface area contributed by atoms with Crippen molar-refractivity contribution in [2.24, 2.45) is 5.10 Å². The van der Waals surface area contributed by atoms with Crippen molar-refractivity contribution in [1.29, 1.82) is 0 Å². The van der Waals surface area contributed by atoms with Crippen LogP contribution in [0.4, 0.5) is 0 Å². The molecule has 5 heteroatoms. The number of nitrogens with one attached hydrogen (secondary N) is 1. The second kappa shape index (κ2) is 6.86. The highest BCUT2D eigenvalue weighted by Gasteiger charge is 2.03. The maximum Gasteiger partial charge on any atom is 0.271 e. The van der Waals surface area contributed by atoms with Gasteiger partial charge in [-0.25, -0.2) is 5.43 Å². The normalized spacial score (nSPS) is 11.8. The Labute approximate surface area is 125 Å². The number of hydrogen-bond donors (Lipinski definition) is 1. The van der Waals surface area contributed by atoms with Gasteiger partial charge < -0.3 is 4.42 Å². The molecule has 0 saturated carbocycles. The van der Waals surface area contributed by atoms with Crippen LogP contribution in [0.5, 0.6) is 0 Å². The first-order valence-corrected chi connectivity index (χ1v) is 6.76. The van der Waals surface area contributed by atoms with Gasteiger partial charge >= 0.3 is 0 Å². The van der Waals surface area contributed by atoms with Gasteiger partial charge in [0.05, 0.1) is 12.0 Å². The van der Waals surface area contributed by atoms with E-state index in [1.807, 2.05) is 24.3 Å². The molecule has 1 heterocycles. The number of amides is 1. The lowest BCUT2D eigenvalue weighted by atomic mass is 10.2. The summed E-state index contributed by atoms with van der Waals surface area (Å²) in [5.74, 6) is 0.488. The smallest absolute Gasteiger partial charge is 0.271 e. The van der Waals surface area contributed by atoms with Crippen LogP contribution >= 0.6 is 15.9 Å². The lowest BCUT2D eigenvalue weighted by Gasteiger charge is -2.00. The fourth-order valence-corrected chi connectivity index (χ4v) is 1.70. The van der Waals surface area contributed by atoms with E-state index in [0.29, 0.717) is 11.3 Å². The molecule has 0 aliphatic rings. The molecule has 0 radical (unpaired) electrons. The van der Waals surface area contributed by atoms with Crippen LogP contribution in [-0.4, -0.2) is 11.6 Å². The SMILES string of the molecule is CC(/C=C/c1ccco1)=N\NC(=O)c1ccc(Br)cc1. The number of benzene rings is 1. The van der Waals surface area contributed by atoms with Gasteiger partial charge in [0, 0.05) is 10.0 Å². The van der Waals surface area contributed by atoms with Gasteiger partial charge in [0.2, 0.25) is 0 Å². The molecular formula is C15H13BrN2O2. The molecule has 0 unspecified atom stereocenters. The van der Waals surface area contributed by atoms with Crippen LogP contribution in [0.15, 0.2) is 62.7 Å². The molecule has 1 aromatic carbocycles. The lowest BCUT2D eigenvalue weighted by Crippen LogP contribution is -2.18. The highest BCUT2D eigenvalue weighted by atomic mass is 79.9. The zero-order valence-electron chi connectivity index (χ0n) is 10.8. The van der Waals surface area contributed by atoms with Crippen molar-refractivity contribution >= 4 is 33.6 Å². The molecule has 0 atom stereocenters. The molecule has 0 saturated heterocycles. The van der Waals surface area contributed by atoms with Gasteiger partial charge in [-0.05, 0) is 55.5 Å². The molecular weight excluding hydrogens is 320 g/mol. The number of hydrazone groups is 1. The van der Waals surface area contributed by atoms with E-state index in [1.54, 1.807) is 37.5 Å². The summed E-state index contributed by atoms with van der Waals surface area (Å²) in [5, 5.41) is 4.00. The third-order valence-corrected chi connectivity index (χ3v) is 3.00. The molecule has 102 valence electrons. The summed E-state index contributed by atoms with van der Waals surface area (Å²) in [4.78, 5) is 11.8. The first-order chi connectivity index (χ1) is 9.65. The number of allylic oxidation sites excluding steroid dienone is 1. The molecule has 0 aliphatic heterocycles. The lowest BCUT2D eigenvalue weighted by molar-refractivity contribution is 0.0955. The second-order valence-electron chi connectivity index (χ2n) is 4.05. The molecule has 20 heavy (non-hydrogen) atoms. The summed E-state index contributed by atoms with van der Waals surface area (Å²) >= 11 is 3.32. The van der Waals surface area contributed by atoms with E-state index in [2.05, 4.69) is 26.5 Å². The molecule has 1 N–H and O–H groups in total. The number of carbonyl (C=O) groups excluding carboxylic acids is 1. The molecule has 0 spiro atoms. The molecule has 0 bridgehead atoms. The fourth-order valence-electron chi connectivity index (χ4n) is 1.43. The van der Waals surface area contributed by atoms with Crippen LogP contribution in [0.3, 0.4) is 0 Å². The van der Waals surface area contributed by atoms with E-state index in [-0.39, 0.29) is 5.91 Å². The predicted octanol–water partition coefficient (Wildman–Crippen LogP) is 3.86. The largest absolute Gasteiger partial charge is 0.465 e. The van der Waals surface area contributed by atoms with E-state index in [4.69, 9.17) is 4.42 Å². The van der Waals surface area contributed by atoms with Crippen LogP contribution in [0, 0.1) is 0 Å². The number of nitrogens with zero attached hydrogens (tertiary/aromatic N) is 1. The first kappa shape index (κ1) is 14.3. The Bertz CT molecular complexity index is 628. The number of halogens is 1. The van der Waals surface area contributed by atoms with Gasteiger partial charge in [0.15, 0.2) is 0 Å². The number of carbonyl (C=O) groups is 1. The Balaban J connectivity index is 1.94. The Morgan fingerprint density at radius 3 is 2.70 bits per heavy atom. The van der Waals surface area contributed by atoms with Gasteiger partial charge in [-0.15, -0.1) is 0 Å². The molecule has 4 nitrogen and oxygen atoms in total. The summed E-state index contributed by atoms with van der Waals surface area (Å²) in [5.41, 5.74) is 3.73. The van der Waals surface area contributed by atoms with Crippen molar-refractivity contribution in [1.82, 2.24) is 5.43 Å². The molecule has 0 aliphatic carbocycles. The minimum Gasteiger partial charge on any atom is -0.465 e. The van der Waals surface area contributed by atoms with E-state index < -0.39 is 0 Å². The maximum absolute atomic E-state index is 11.8. The average molecular weight is 333 g/mol. The Kier molecular flexibility index (Phi) is 4.90. The molecule has 1 amide bonds. The van der Waals surface area contributed by atoms with E-state index in [9.17, 15) is 4.79 Å². The van der Waals surface area contributed by atoms with Crippen molar-refractivity contribution < 1.29 is 9.21 Å². The van der Waals surface area contributed by atoms with E-state index >= 15 is 0 Å². The maximum atomic E-state index is 11.8. The molecule has 0 fully saturated rings. The van der Waals surface area contributed by atoms with Crippen LogP contribution in [0.2, 0.25) is 0 Å². The number of furan rings is 1. The molecule has 2 rings (SSSR count). The highest BCUT2D eigenvalue weighted by molar-refractivity contribution is 9.10. The van der Waals surface area contributed by atoms with Crippen molar-refractivity contribution in [3.8, 4) is 0 Å². The van der Waals surface area contributed by atoms with Gasteiger partial charge in [0.25, 0.3) is 5.91 Å². The van der Waals surface area contributed by atoms with Crippen LogP contribution in [0.1, 0.15) is 23.0 Å². The average Bonchev–Trinajstić information content (AvgIpc) is 2.96. The van der Waals surface area contributed by atoms with Gasteiger partial charge in [0.1, 0.15) is 5.76 Å². The van der Waals surface area contributed by atoms with Gasteiger partial charge in [-0.1, -0.05) is 15.9 Å². The summed E-state index contributed by atoms with van der Waals surface area (Å²) in [6.07, 6.45) is 5.15.